The highest BCUT2D eigenvalue weighted by atomic mass is 35.5. The van der Waals surface area contributed by atoms with Crippen molar-refractivity contribution in [1.82, 2.24) is 15.0 Å². The van der Waals surface area contributed by atoms with E-state index >= 15 is 0 Å². The fourth-order valence-electron chi connectivity index (χ4n) is 3.15. The van der Waals surface area contributed by atoms with E-state index in [2.05, 4.69) is 10.3 Å². The molecule has 0 aliphatic heterocycles. The second kappa shape index (κ2) is 8.09. The third-order valence-corrected chi connectivity index (χ3v) is 6.57. The average Bonchev–Trinajstić information content (AvgIpc) is 3.06. The fourth-order valence-corrected chi connectivity index (χ4v) is 5.16. The average molecular weight is 386 g/mol. The van der Waals surface area contributed by atoms with Gasteiger partial charge in [0.2, 0.25) is 0 Å². The van der Waals surface area contributed by atoms with Crippen LogP contribution in [-0.2, 0) is 12.1 Å². The standard InChI is InChI=1S/C17H21Cl2N3OS/c18-13-6-7-15(16(19)10-13)17(23,11-22-9-8-20-21-22)12-24-14-4-2-1-3-5-14/h6-10,14,23H,1-5,11-12H2. The number of rotatable bonds is 6. The summed E-state index contributed by atoms with van der Waals surface area (Å²) in [5.41, 5.74) is -0.426. The minimum atomic E-state index is -1.11. The van der Waals surface area contributed by atoms with Crippen LogP contribution in [0.2, 0.25) is 10.0 Å². The van der Waals surface area contributed by atoms with Gasteiger partial charge in [-0.25, -0.2) is 4.68 Å². The van der Waals surface area contributed by atoms with Crippen LogP contribution in [0.1, 0.15) is 37.7 Å². The number of aromatic nitrogens is 3. The van der Waals surface area contributed by atoms with Crippen LogP contribution in [0.15, 0.2) is 30.6 Å². The molecule has 1 fully saturated rings. The van der Waals surface area contributed by atoms with E-state index in [0.29, 0.717) is 33.2 Å². The number of hydrogen-bond acceptors (Lipinski definition) is 4. The molecule has 1 unspecified atom stereocenters. The third kappa shape index (κ3) is 4.45. The number of thioether (sulfide) groups is 1. The van der Waals surface area contributed by atoms with Crippen molar-refractivity contribution in [3.63, 3.8) is 0 Å². The van der Waals surface area contributed by atoms with Gasteiger partial charge in [0.15, 0.2) is 0 Å². The van der Waals surface area contributed by atoms with Gasteiger partial charge in [-0.15, -0.1) is 5.10 Å². The van der Waals surface area contributed by atoms with Crippen molar-refractivity contribution in [2.75, 3.05) is 5.75 Å². The van der Waals surface area contributed by atoms with E-state index in [4.69, 9.17) is 23.2 Å². The summed E-state index contributed by atoms with van der Waals surface area (Å²) < 4.78 is 1.65. The van der Waals surface area contributed by atoms with E-state index in [1.54, 1.807) is 29.2 Å². The summed E-state index contributed by atoms with van der Waals surface area (Å²) >= 11 is 14.2. The van der Waals surface area contributed by atoms with Crippen molar-refractivity contribution in [3.05, 3.63) is 46.2 Å². The second-order valence-electron chi connectivity index (χ2n) is 6.33. The molecule has 0 saturated heterocycles. The van der Waals surface area contributed by atoms with E-state index in [0.717, 1.165) is 0 Å². The highest BCUT2D eigenvalue weighted by Gasteiger charge is 2.34. The van der Waals surface area contributed by atoms with Crippen LogP contribution in [0, 0.1) is 0 Å². The number of halogens is 2. The molecule has 0 bridgehead atoms. The van der Waals surface area contributed by atoms with Gasteiger partial charge in [0.05, 0.1) is 12.7 Å². The highest BCUT2D eigenvalue weighted by molar-refractivity contribution is 7.99. The van der Waals surface area contributed by atoms with Gasteiger partial charge < -0.3 is 5.11 Å². The summed E-state index contributed by atoms with van der Waals surface area (Å²) in [4.78, 5) is 0. The van der Waals surface area contributed by atoms with Gasteiger partial charge >= 0.3 is 0 Å². The predicted octanol–water partition coefficient (Wildman–Crippen LogP) is 4.54. The lowest BCUT2D eigenvalue weighted by atomic mass is 9.95. The van der Waals surface area contributed by atoms with Crippen LogP contribution in [-0.4, -0.2) is 31.1 Å². The van der Waals surface area contributed by atoms with Crippen molar-refractivity contribution in [1.29, 1.82) is 0 Å². The van der Waals surface area contributed by atoms with Gasteiger partial charge in [-0.3, -0.25) is 0 Å². The Bertz CT molecular complexity index is 662. The van der Waals surface area contributed by atoms with Crippen LogP contribution < -0.4 is 0 Å². The molecule has 24 heavy (non-hydrogen) atoms. The third-order valence-electron chi connectivity index (χ3n) is 4.44. The van der Waals surface area contributed by atoms with Crippen molar-refractivity contribution >= 4 is 35.0 Å². The van der Waals surface area contributed by atoms with Crippen molar-refractivity contribution in [3.8, 4) is 0 Å². The van der Waals surface area contributed by atoms with Crippen LogP contribution in [0.25, 0.3) is 0 Å². The molecule has 1 atom stereocenters. The molecular weight excluding hydrogens is 365 g/mol. The number of benzene rings is 1. The smallest absolute Gasteiger partial charge is 0.120 e. The maximum atomic E-state index is 11.4. The molecule has 4 nitrogen and oxygen atoms in total. The molecule has 0 spiro atoms. The van der Waals surface area contributed by atoms with Crippen molar-refractivity contribution < 1.29 is 5.11 Å². The first kappa shape index (κ1) is 18.1. The Labute approximate surface area is 156 Å². The summed E-state index contributed by atoms with van der Waals surface area (Å²) in [7, 11) is 0. The Kier molecular flexibility index (Phi) is 6.08. The lowest BCUT2D eigenvalue weighted by Gasteiger charge is -2.31. The minimum Gasteiger partial charge on any atom is -0.382 e. The maximum absolute atomic E-state index is 11.4. The first-order valence-electron chi connectivity index (χ1n) is 8.20. The Morgan fingerprint density at radius 3 is 2.71 bits per heavy atom. The van der Waals surface area contributed by atoms with Gasteiger partial charge in [-0.2, -0.15) is 11.8 Å². The van der Waals surface area contributed by atoms with E-state index in [1.165, 1.54) is 32.1 Å². The normalized spacial score (nSPS) is 18.5. The molecule has 1 N–H and O–H groups in total. The lowest BCUT2D eigenvalue weighted by molar-refractivity contribution is 0.0391. The Balaban J connectivity index is 1.82. The van der Waals surface area contributed by atoms with E-state index in [1.807, 2.05) is 17.8 Å². The molecular formula is C17H21Cl2N3OS. The first-order valence-corrected chi connectivity index (χ1v) is 10.0. The molecule has 1 aliphatic rings. The minimum absolute atomic E-state index is 0.314. The van der Waals surface area contributed by atoms with Gasteiger partial charge in [0.1, 0.15) is 5.60 Å². The maximum Gasteiger partial charge on any atom is 0.120 e. The molecule has 0 amide bonds. The van der Waals surface area contributed by atoms with Gasteiger partial charge in [0.25, 0.3) is 0 Å². The van der Waals surface area contributed by atoms with E-state index < -0.39 is 5.60 Å². The molecule has 0 radical (unpaired) electrons. The fraction of sp³-hybridized carbons (Fsp3) is 0.529. The molecule has 1 saturated carbocycles. The summed E-state index contributed by atoms with van der Waals surface area (Å²) in [6, 6.07) is 5.25. The summed E-state index contributed by atoms with van der Waals surface area (Å²) in [5.74, 6) is 0.568. The van der Waals surface area contributed by atoms with Gasteiger partial charge in [0, 0.05) is 32.8 Å². The molecule has 1 heterocycles. The predicted molar refractivity (Wildman–Crippen MR) is 99.7 cm³/mol. The molecule has 2 aromatic rings. The molecule has 3 rings (SSSR count). The zero-order valence-corrected chi connectivity index (χ0v) is 15.7. The molecule has 1 aromatic carbocycles. The first-order chi connectivity index (χ1) is 11.6. The topological polar surface area (TPSA) is 50.9 Å². The zero-order chi connectivity index (χ0) is 17.0. The highest BCUT2D eigenvalue weighted by Crippen LogP contribution is 2.37. The van der Waals surface area contributed by atoms with Gasteiger partial charge in [-0.05, 0) is 25.0 Å². The van der Waals surface area contributed by atoms with Crippen LogP contribution >= 0.6 is 35.0 Å². The molecule has 7 heteroatoms. The van der Waals surface area contributed by atoms with Crippen LogP contribution in [0.5, 0.6) is 0 Å². The number of hydrogen-bond donors (Lipinski definition) is 1. The second-order valence-corrected chi connectivity index (χ2v) is 8.46. The Hall–Kier alpha value is -0.750. The number of nitrogens with zero attached hydrogens (tertiary/aromatic N) is 3. The van der Waals surface area contributed by atoms with Gasteiger partial charge in [-0.1, -0.05) is 53.7 Å². The number of aliphatic hydroxyl groups is 1. The van der Waals surface area contributed by atoms with Crippen LogP contribution in [0.4, 0.5) is 0 Å². The molecule has 130 valence electrons. The lowest BCUT2D eigenvalue weighted by Crippen LogP contribution is -2.35. The Morgan fingerprint density at radius 2 is 2.04 bits per heavy atom. The SMILES string of the molecule is OC(CSC1CCCCC1)(Cn1ccnn1)c1ccc(Cl)cc1Cl. The van der Waals surface area contributed by atoms with Crippen molar-refractivity contribution in [2.24, 2.45) is 0 Å². The zero-order valence-electron chi connectivity index (χ0n) is 13.4. The monoisotopic (exact) mass is 385 g/mol. The Morgan fingerprint density at radius 1 is 1.25 bits per heavy atom. The van der Waals surface area contributed by atoms with E-state index in [9.17, 15) is 5.11 Å². The summed E-state index contributed by atoms with van der Waals surface area (Å²) in [6.45, 7) is 0.314. The van der Waals surface area contributed by atoms with E-state index in [-0.39, 0.29) is 0 Å². The van der Waals surface area contributed by atoms with Crippen molar-refractivity contribution in [2.45, 2.75) is 49.5 Å². The molecule has 1 aromatic heterocycles. The largest absolute Gasteiger partial charge is 0.382 e. The molecule has 1 aliphatic carbocycles. The van der Waals surface area contributed by atoms with Crippen LogP contribution in [0.3, 0.4) is 0 Å². The quantitative estimate of drug-likeness (QED) is 0.792. The summed E-state index contributed by atoms with van der Waals surface area (Å²) in [6.07, 6.45) is 9.68. The summed E-state index contributed by atoms with van der Waals surface area (Å²) in [5, 5.41) is 20.9.